The van der Waals surface area contributed by atoms with Gasteiger partial charge in [0, 0.05) is 11.6 Å². The summed E-state index contributed by atoms with van der Waals surface area (Å²) in [6.07, 6.45) is 1.93. The van der Waals surface area contributed by atoms with Crippen molar-refractivity contribution in [3.8, 4) is 11.5 Å². The number of nitrogens with one attached hydrogen (secondary N) is 1. The van der Waals surface area contributed by atoms with Crippen molar-refractivity contribution < 1.29 is 19.4 Å². The summed E-state index contributed by atoms with van der Waals surface area (Å²) < 4.78 is 10.4. The molecular formula is C20H23NO4. The summed E-state index contributed by atoms with van der Waals surface area (Å²) in [5, 5.41) is 14.0. The summed E-state index contributed by atoms with van der Waals surface area (Å²) in [6, 6.07) is 14.5. The van der Waals surface area contributed by atoms with Gasteiger partial charge in [0.2, 0.25) is 0 Å². The summed E-state index contributed by atoms with van der Waals surface area (Å²) in [7, 11) is 3.08. The zero-order valence-corrected chi connectivity index (χ0v) is 14.5. The minimum atomic E-state index is -1.04. The van der Waals surface area contributed by atoms with Crippen molar-refractivity contribution in [2.24, 2.45) is 5.92 Å². The number of methoxy groups -OCH3 is 2. The van der Waals surface area contributed by atoms with E-state index in [0.717, 1.165) is 18.4 Å². The van der Waals surface area contributed by atoms with E-state index in [9.17, 15) is 9.90 Å². The van der Waals surface area contributed by atoms with Crippen LogP contribution in [0.1, 0.15) is 28.8 Å². The predicted octanol–water partition coefficient (Wildman–Crippen LogP) is 2.73. The molecule has 2 aromatic rings. The van der Waals surface area contributed by atoms with Crippen LogP contribution >= 0.6 is 0 Å². The minimum Gasteiger partial charge on any atom is -0.497 e. The average Bonchev–Trinajstić information content (AvgIpc) is 3.51. The van der Waals surface area contributed by atoms with Crippen molar-refractivity contribution in [2.75, 3.05) is 20.8 Å². The molecule has 1 atom stereocenters. The molecule has 0 aliphatic heterocycles. The topological polar surface area (TPSA) is 67.8 Å². The van der Waals surface area contributed by atoms with Gasteiger partial charge in [0.05, 0.1) is 20.8 Å². The molecule has 1 aliphatic rings. The van der Waals surface area contributed by atoms with E-state index >= 15 is 0 Å². The van der Waals surface area contributed by atoms with Crippen LogP contribution in [-0.2, 0) is 5.60 Å². The minimum absolute atomic E-state index is 0.167. The maximum Gasteiger partial charge on any atom is 0.251 e. The molecule has 0 bridgehead atoms. The highest BCUT2D eigenvalue weighted by Gasteiger charge is 2.45. The smallest absolute Gasteiger partial charge is 0.251 e. The standard InChI is InChI=1S/C20H23NO4/c1-24-17-10-14(11-18(12-17)25-2)19(22)21-13-20(23,16-8-9-16)15-6-4-3-5-7-15/h3-7,10-12,16,23H,8-9,13H2,1-2H3,(H,21,22)/t20-/m0/s1. The molecular weight excluding hydrogens is 318 g/mol. The van der Waals surface area contributed by atoms with Crippen molar-refractivity contribution in [3.63, 3.8) is 0 Å². The van der Waals surface area contributed by atoms with E-state index in [1.165, 1.54) is 14.2 Å². The van der Waals surface area contributed by atoms with Crippen molar-refractivity contribution >= 4 is 5.91 Å². The van der Waals surface area contributed by atoms with Gasteiger partial charge in [-0.1, -0.05) is 30.3 Å². The fraction of sp³-hybridized carbons (Fsp3) is 0.350. The zero-order valence-electron chi connectivity index (χ0n) is 14.5. The highest BCUT2D eigenvalue weighted by Crippen LogP contribution is 2.45. The van der Waals surface area contributed by atoms with Gasteiger partial charge in [0.1, 0.15) is 17.1 Å². The molecule has 5 nitrogen and oxygen atoms in total. The Hall–Kier alpha value is -2.53. The van der Waals surface area contributed by atoms with E-state index in [-0.39, 0.29) is 18.4 Å². The van der Waals surface area contributed by atoms with Crippen LogP contribution in [0.4, 0.5) is 0 Å². The molecule has 0 unspecified atom stereocenters. The third kappa shape index (κ3) is 3.77. The fourth-order valence-corrected chi connectivity index (χ4v) is 3.03. The van der Waals surface area contributed by atoms with Crippen LogP contribution in [0.2, 0.25) is 0 Å². The number of carbonyl (C=O) groups excluding carboxylic acids is 1. The number of carbonyl (C=O) groups is 1. The molecule has 2 N–H and O–H groups in total. The molecule has 1 aliphatic carbocycles. The third-order valence-corrected chi connectivity index (χ3v) is 4.66. The highest BCUT2D eigenvalue weighted by atomic mass is 16.5. The number of hydrogen-bond donors (Lipinski definition) is 2. The second-order valence-electron chi connectivity index (χ2n) is 6.35. The lowest BCUT2D eigenvalue weighted by Gasteiger charge is -2.29. The average molecular weight is 341 g/mol. The molecule has 132 valence electrons. The van der Waals surface area contributed by atoms with Crippen molar-refractivity contribution in [1.82, 2.24) is 5.32 Å². The first kappa shape index (κ1) is 17.3. The van der Waals surface area contributed by atoms with Gasteiger partial charge in [-0.3, -0.25) is 4.79 Å². The van der Waals surface area contributed by atoms with Crippen molar-refractivity contribution in [3.05, 3.63) is 59.7 Å². The van der Waals surface area contributed by atoms with E-state index in [1.807, 2.05) is 30.3 Å². The second-order valence-corrected chi connectivity index (χ2v) is 6.35. The number of hydrogen-bond acceptors (Lipinski definition) is 4. The Kier molecular flexibility index (Phi) is 4.95. The van der Waals surface area contributed by atoms with Crippen LogP contribution in [0, 0.1) is 5.92 Å². The van der Waals surface area contributed by atoms with Crippen LogP contribution in [0.15, 0.2) is 48.5 Å². The van der Waals surface area contributed by atoms with Crippen LogP contribution in [-0.4, -0.2) is 31.8 Å². The van der Waals surface area contributed by atoms with Gasteiger partial charge in [-0.25, -0.2) is 0 Å². The Morgan fingerprint density at radius 3 is 2.24 bits per heavy atom. The number of amides is 1. The Balaban J connectivity index is 1.77. The van der Waals surface area contributed by atoms with Crippen LogP contribution in [0.5, 0.6) is 11.5 Å². The van der Waals surface area contributed by atoms with E-state index in [1.54, 1.807) is 18.2 Å². The fourth-order valence-electron chi connectivity index (χ4n) is 3.03. The summed E-state index contributed by atoms with van der Waals surface area (Å²) in [5.74, 6) is 0.997. The maximum atomic E-state index is 12.6. The molecule has 1 saturated carbocycles. The van der Waals surface area contributed by atoms with Crippen molar-refractivity contribution in [1.29, 1.82) is 0 Å². The molecule has 0 saturated heterocycles. The quantitative estimate of drug-likeness (QED) is 0.813. The van der Waals surface area contributed by atoms with Crippen LogP contribution in [0.3, 0.4) is 0 Å². The first-order valence-electron chi connectivity index (χ1n) is 8.36. The van der Waals surface area contributed by atoms with Crippen LogP contribution in [0.25, 0.3) is 0 Å². The SMILES string of the molecule is COc1cc(OC)cc(C(=O)NC[C@](O)(c2ccccc2)C2CC2)c1. The van der Waals surface area contributed by atoms with Gasteiger partial charge in [-0.2, -0.15) is 0 Å². The molecule has 5 heteroatoms. The van der Waals surface area contributed by atoms with Gasteiger partial charge >= 0.3 is 0 Å². The number of aliphatic hydroxyl groups is 1. The van der Waals surface area contributed by atoms with Crippen LogP contribution < -0.4 is 14.8 Å². The first-order chi connectivity index (χ1) is 12.1. The lowest BCUT2D eigenvalue weighted by molar-refractivity contribution is 0.0135. The van der Waals surface area contributed by atoms with E-state index in [2.05, 4.69) is 5.32 Å². The molecule has 0 spiro atoms. The Labute approximate surface area is 147 Å². The highest BCUT2D eigenvalue weighted by molar-refractivity contribution is 5.95. The molecule has 25 heavy (non-hydrogen) atoms. The molecule has 0 aromatic heterocycles. The van der Waals surface area contributed by atoms with Gasteiger partial charge in [-0.15, -0.1) is 0 Å². The molecule has 1 fully saturated rings. The Morgan fingerprint density at radius 1 is 1.12 bits per heavy atom. The number of ether oxygens (including phenoxy) is 2. The number of rotatable bonds is 7. The summed E-state index contributed by atoms with van der Waals surface area (Å²) in [5.41, 5.74) is 0.225. The van der Waals surface area contributed by atoms with E-state index in [0.29, 0.717) is 17.1 Å². The monoisotopic (exact) mass is 341 g/mol. The first-order valence-corrected chi connectivity index (χ1v) is 8.36. The lowest BCUT2D eigenvalue weighted by atomic mass is 9.88. The van der Waals surface area contributed by atoms with E-state index in [4.69, 9.17) is 9.47 Å². The molecule has 1 amide bonds. The normalized spacial score (nSPS) is 16.0. The molecule has 2 aromatic carbocycles. The second kappa shape index (κ2) is 7.15. The van der Waals surface area contributed by atoms with Gasteiger partial charge < -0.3 is 19.9 Å². The molecule has 0 heterocycles. The summed E-state index contributed by atoms with van der Waals surface area (Å²) in [6.45, 7) is 0.167. The maximum absolute atomic E-state index is 12.6. The Bertz CT molecular complexity index is 720. The summed E-state index contributed by atoms with van der Waals surface area (Å²) >= 11 is 0. The lowest BCUT2D eigenvalue weighted by Crippen LogP contribution is -2.42. The Morgan fingerprint density at radius 2 is 1.72 bits per heavy atom. The predicted molar refractivity (Wildman–Crippen MR) is 94.9 cm³/mol. The molecule has 3 rings (SSSR count). The van der Waals surface area contributed by atoms with E-state index < -0.39 is 5.60 Å². The zero-order chi connectivity index (χ0) is 17.9. The molecule has 0 radical (unpaired) electrons. The third-order valence-electron chi connectivity index (χ3n) is 4.66. The van der Waals surface area contributed by atoms with Gasteiger partial charge in [0.25, 0.3) is 5.91 Å². The van der Waals surface area contributed by atoms with Gasteiger partial charge in [0.15, 0.2) is 0 Å². The van der Waals surface area contributed by atoms with Crippen molar-refractivity contribution in [2.45, 2.75) is 18.4 Å². The largest absolute Gasteiger partial charge is 0.497 e. The number of benzene rings is 2. The summed E-state index contributed by atoms with van der Waals surface area (Å²) in [4.78, 5) is 12.6. The van der Waals surface area contributed by atoms with Gasteiger partial charge in [-0.05, 0) is 36.5 Å².